The zero-order valence-electron chi connectivity index (χ0n) is 17.3. The van der Waals surface area contributed by atoms with Crippen LogP contribution in [-0.4, -0.2) is 40.1 Å². The molecule has 7 nitrogen and oxygen atoms in total. The number of nitrogens with one attached hydrogen (secondary N) is 2. The monoisotopic (exact) mass is 484 g/mol. The number of aromatic nitrogens is 3. The number of anilines is 1. The zero-order chi connectivity index (χ0) is 23.8. The number of nitrogen functional groups attached to an aromatic ring is 1. The molecule has 4 rings (SSSR count). The van der Waals surface area contributed by atoms with E-state index in [4.69, 9.17) is 17.3 Å². The first-order chi connectivity index (χ1) is 15.7. The number of nitrogens with two attached hydrogens (primary N) is 1. The number of carbonyl (C=O) groups is 1. The number of halogens is 5. The Morgan fingerprint density at radius 1 is 1.30 bits per heavy atom. The number of hydrogen-bond donors (Lipinski definition) is 3. The van der Waals surface area contributed by atoms with Crippen LogP contribution in [0.1, 0.15) is 40.5 Å². The predicted octanol–water partition coefficient (Wildman–Crippen LogP) is 3.88. The molecule has 1 saturated heterocycles. The third-order valence-corrected chi connectivity index (χ3v) is 5.99. The SMILES string of the molecule is Nc1cc(C(F)(F)F)nc2ccc(Cl)c(C3CCC(NC(=O)c4ccnn4CCF)NC3)c12. The van der Waals surface area contributed by atoms with Crippen molar-refractivity contribution in [3.63, 3.8) is 0 Å². The number of fused-ring (bicyclic) bond motifs is 1. The van der Waals surface area contributed by atoms with Gasteiger partial charge in [0.2, 0.25) is 0 Å². The predicted molar refractivity (Wildman–Crippen MR) is 116 cm³/mol. The van der Waals surface area contributed by atoms with Gasteiger partial charge in [0, 0.05) is 28.8 Å². The first-order valence-electron chi connectivity index (χ1n) is 10.3. The fourth-order valence-electron chi connectivity index (χ4n) is 4.15. The molecule has 33 heavy (non-hydrogen) atoms. The van der Waals surface area contributed by atoms with Crippen LogP contribution >= 0.6 is 11.6 Å². The summed E-state index contributed by atoms with van der Waals surface area (Å²) < 4.78 is 53.3. The van der Waals surface area contributed by atoms with Gasteiger partial charge in [0.15, 0.2) is 0 Å². The Labute approximate surface area is 191 Å². The lowest BCUT2D eigenvalue weighted by Crippen LogP contribution is -2.50. The minimum Gasteiger partial charge on any atom is -0.398 e. The molecule has 1 aliphatic heterocycles. The summed E-state index contributed by atoms with van der Waals surface area (Å²) in [4.78, 5) is 16.3. The Hall–Kier alpha value is -2.92. The number of benzene rings is 1. The van der Waals surface area contributed by atoms with Crippen molar-refractivity contribution in [1.82, 2.24) is 25.4 Å². The number of piperidine rings is 1. The van der Waals surface area contributed by atoms with Crippen LogP contribution in [0.25, 0.3) is 10.9 Å². The van der Waals surface area contributed by atoms with Crippen LogP contribution in [0.3, 0.4) is 0 Å². The largest absolute Gasteiger partial charge is 0.433 e. The lowest BCUT2D eigenvalue weighted by atomic mass is 9.87. The van der Waals surface area contributed by atoms with Crippen LogP contribution in [0.4, 0.5) is 23.2 Å². The van der Waals surface area contributed by atoms with Gasteiger partial charge >= 0.3 is 6.18 Å². The van der Waals surface area contributed by atoms with Crippen molar-refractivity contribution >= 4 is 34.1 Å². The molecule has 0 saturated carbocycles. The second kappa shape index (κ2) is 9.14. The summed E-state index contributed by atoms with van der Waals surface area (Å²) in [6, 6.07) is 5.28. The Kier molecular flexibility index (Phi) is 6.44. The average Bonchev–Trinajstić information content (AvgIpc) is 3.23. The molecule has 1 aliphatic rings. The minimum absolute atomic E-state index is 0.0129. The maximum absolute atomic E-state index is 13.1. The highest BCUT2D eigenvalue weighted by Gasteiger charge is 2.34. The van der Waals surface area contributed by atoms with Crippen molar-refractivity contribution in [1.29, 1.82) is 0 Å². The number of rotatable bonds is 5. The van der Waals surface area contributed by atoms with Crippen molar-refractivity contribution in [2.45, 2.75) is 37.6 Å². The molecule has 1 fully saturated rings. The highest BCUT2D eigenvalue weighted by atomic mass is 35.5. The van der Waals surface area contributed by atoms with E-state index < -0.39 is 18.5 Å². The van der Waals surface area contributed by atoms with Gasteiger partial charge < -0.3 is 11.1 Å². The Bertz CT molecular complexity index is 1170. The molecule has 2 atom stereocenters. The first-order valence-corrected chi connectivity index (χ1v) is 10.6. The Morgan fingerprint density at radius 3 is 2.76 bits per heavy atom. The standard InChI is InChI=1S/C21H21ClF4N6O/c22-12-2-3-14-19(13(27)9-16(30-14)21(24,25)26)18(12)11-1-4-17(28-10-11)31-20(33)15-5-7-29-32(15)8-6-23/h2-3,5,7,9,11,17,28H,1,4,6,8,10H2,(H2,27,30)(H,31,33). The van der Waals surface area contributed by atoms with Crippen molar-refractivity contribution in [3.05, 3.63) is 52.4 Å². The molecule has 3 heterocycles. The third-order valence-electron chi connectivity index (χ3n) is 5.66. The molecule has 0 spiro atoms. The first kappa shape index (κ1) is 23.2. The molecular formula is C21H21ClF4N6O. The normalized spacial score (nSPS) is 19.1. The van der Waals surface area contributed by atoms with Gasteiger partial charge in [-0.05, 0) is 48.6 Å². The van der Waals surface area contributed by atoms with Crippen molar-refractivity contribution in [3.8, 4) is 0 Å². The maximum Gasteiger partial charge on any atom is 0.433 e. The summed E-state index contributed by atoms with van der Waals surface area (Å²) in [6.07, 6.45) is -2.39. The minimum atomic E-state index is -4.61. The lowest BCUT2D eigenvalue weighted by Gasteiger charge is -2.32. The number of alkyl halides is 4. The highest BCUT2D eigenvalue weighted by molar-refractivity contribution is 6.32. The number of amides is 1. The van der Waals surface area contributed by atoms with Crippen molar-refractivity contribution in [2.24, 2.45) is 0 Å². The number of nitrogens with zero attached hydrogens (tertiary/aromatic N) is 3. The van der Waals surface area contributed by atoms with Gasteiger partial charge in [0.25, 0.3) is 5.91 Å². The van der Waals surface area contributed by atoms with E-state index in [0.717, 1.165) is 6.07 Å². The van der Waals surface area contributed by atoms with Crippen LogP contribution in [0.15, 0.2) is 30.5 Å². The van der Waals surface area contributed by atoms with Crippen LogP contribution in [-0.2, 0) is 12.7 Å². The summed E-state index contributed by atoms with van der Waals surface area (Å²) in [5.41, 5.74) is 5.92. The Balaban J connectivity index is 1.52. The number of carbonyl (C=O) groups excluding carboxylic acids is 1. The van der Waals surface area contributed by atoms with E-state index in [1.54, 1.807) is 0 Å². The molecule has 12 heteroatoms. The lowest BCUT2D eigenvalue weighted by molar-refractivity contribution is -0.140. The van der Waals surface area contributed by atoms with E-state index in [1.165, 1.54) is 29.1 Å². The van der Waals surface area contributed by atoms with Gasteiger partial charge in [-0.2, -0.15) is 18.3 Å². The number of hydrogen-bond acceptors (Lipinski definition) is 5. The summed E-state index contributed by atoms with van der Waals surface area (Å²) in [5.74, 6) is -0.527. The van der Waals surface area contributed by atoms with E-state index in [2.05, 4.69) is 20.7 Å². The molecule has 4 N–H and O–H groups in total. The summed E-state index contributed by atoms with van der Waals surface area (Å²) in [6.45, 7) is -0.242. The summed E-state index contributed by atoms with van der Waals surface area (Å²) in [5, 5.41) is 10.8. The maximum atomic E-state index is 13.1. The van der Waals surface area contributed by atoms with Gasteiger partial charge in [-0.3, -0.25) is 14.8 Å². The highest BCUT2D eigenvalue weighted by Crippen LogP contribution is 2.40. The summed E-state index contributed by atoms with van der Waals surface area (Å²) >= 11 is 6.43. The molecule has 0 aliphatic carbocycles. The summed E-state index contributed by atoms with van der Waals surface area (Å²) in [7, 11) is 0. The fraction of sp³-hybridized carbons (Fsp3) is 0.381. The van der Waals surface area contributed by atoms with Crippen LogP contribution < -0.4 is 16.4 Å². The van der Waals surface area contributed by atoms with Crippen LogP contribution in [0, 0.1) is 0 Å². The quantitative estimate of drug-likeness (QED) is 0.477. The molecule has 0 bridgehead atoms. The number of pyridine rings is 1. The third kappa shape index (κ3) is 4.74. The average molecular weight is 485 g/mol. The van der Waals surface area contributed by atoms with Gasteiger partial charge in [0.05, 0.1) is 18.2 Å². The van der Waals surface area contributed by atoms with E-state index >= 15 is 0 Å². The van der Waals surface area contributed by atoms with Crippen LogP contribution in [0.5, 0.6) is 0 Å². The number of aryl methyl sites for hydroxylation is 1. The van der Waals surface area contributed by atoms with Gasteiger partial charge in [-0.25, -0.2) is 9.37 Å². The van der Waals surface area contributed by atoms with E-state index in [1.807, 2.05) is 0 Å². The molecule has 2 unspecified atom stereocenters. The molecule has 3 aromatic rings. The van der Waals surface area contributed by atoms with Crippen molar-refractivity contribution < 1.29 is 22.4 Å². The van der Waals surface area contributed by atoms with Gasteiger partial charge in [-0.1, -0.05) is 11.6 Å². The molecule has 176 valence electrons. The Morgan fingerprint density at radius 2 is 2.09 bits per heavy atom. The van der Waals surface area contributed by atoms with Gasteiger partial charge in [-0.15, -0.1) is 0 Å². The van der Waals surface area contributed by atoms with E-state index in [0.29, 0.717) is 35.4 Å². The fourth-order valence-corrected chi connectivity index (χ4v) is 4.46. The zero-order valence-corrected chi connectivity index (χ0v) is 18.0. The van der Waals surface area contributed by atoms with E-state index in [9.17, 15) is 22.4 Å². The van der Waals surface area contributed by atoms with Crippen LogP contribution in [0.2, 0.25) is 5.02 Å². The molecule has 0 radical (unpaired) electrons. The smallest absolute Gasteiger partial charge is 0.398 e. The topological polar surface area (TPSA) is 97.9 Å². The van der Waals surface area contributed by atoms with Gasteiger partial charge in [0.1, 0.15) is 18.1 Å². The van der Waals surface area contributed by atoms with Crippen molar-refractivity contribution in [2.75, 3.05) is 19.0 Å². The molecule has 1 amide bonds. The molecule has 2 aromatic heterocycles. The van der Waals surface area contributed by atoms with E-state index in [-0.39, 0.29) is 41.4 Å². The second-order valence-corrected chi connectivity index (χ2v) is 8.19. The molecule has 1 aromatic carbocycles. The second-order valence-electron chi connectivity index (χ2n) is 7.79. The molecular weight excluding hydrogens is 464 g/mol.